The van der Waals surface area contributed by atoms with Crippen LogP contribution in [0, 0.1) is 0 Å². The smallest absolute Gasteiger partial charge is 0.357 e. The minimum Gasteiger partial charge on any atom is -0.357 e. The van der Waals surface area contributed by atoms with Crippen LogP contribution in [0.1, 0.15) is 13.3 Å². The van der Waals surface area contributed by atoms with E-state index in [0.29, 0.717) is 6.42 Å². The Morgan fingerprint density at radius 2 is 1.46 bits per heavy atom. The predicted octanol–water partition coefficient (Wildman–Crippen LogP) is 0.760. The highest BCUT2D eigenvalue weighted by atomic mass is 28.4. The summed E-state index contributed by atoms with van der Waals surface area (Å²) in [5.41, 5.74) is 0. The van der Waals surface area contributed by atoms with Gasteiger partial charge in [-0.15, -0.1) is 0 Å². The lowest BCUT2D eigenvalue weighted by Crippen LogP contribution is -2.49. The van der Waals surface area contributed by atoms with Gasteiger partial charge in [-0.05, 0) is 6.42 Å². The van der Waals surface area contributed by atoms with Crippen LogP contribution in [0.15, 0.2) is 0 Å². The first-order valence-electron chi connectivity index (χ1n) is 4.04. The highest BCUT2D eigenvalue weighted by Gasteiger charge is 2.44. The molecule has 0 spiro atoms. The summed E-state index contributed by atoms with van der Waals surface area (Å²) in [6.45, 7) is 1.94. The summed E-state index contributed by atoms with van der Waals surface area (Å²) in [6, 6.07) is 0. The van der Waals surface area contributed by atoms with E-state index in [2.05, 4.69) is 0 Å². The third-order valence-corrected chi connectivity index (χ3v) is 3.67. The van der Waals surface area contributed by atoms with Crippen molar-refractivity contribution in [3.63, 3.8) is 0 Å². The summed E-state index contributed by atoms with van der Waals surface area (Å²) in [7, 11) is 3.08. The number of methoxy groups -OCH3 is 1. The second-order valence-corrected chi connectivity index (χ2v) is 4.76. The normalized spacial score (nSPS) is 14.5. The Balaban J connectivity index is 4.21. The average molecular weight is 210 g/mol. The molecule has 0 saturated carbocycles. The van der Waals surface area contributed by atoms with E-state index in [0.717, 1.165) is 0 Å². The fraction of sp³-hybridized carbons (Fsp3) is 1.00. The highest BCUT2D eigenvalue weighted by Crippen LogP contribution is 2.13. The fourth-order valence-corrected chi connectivity index (χ4v) is 2.23. The van der Waals surface area contributed by atoms with Crippen LogP contribution in [0.5, 0.6) is 0 Å². The minimum atomic E-state index is -2.95. The third-order valence-electron chi connectivity index (χ3n) is 1.62. The Bertz CT molecular complexity index is 116. The summed E-state index contributed by atoms with van der Waals surface area (Å²) in [5, 5.41) is 0. The van der Waals surface area contributed by atoms with Gasteiger partial charge in [-0.2, -0.15) is 0 Å². The Hall–Kier alpha value is 0.0169. The van der Waals surface area contributed by atoms with Crippen LogP contribution in [0.3, 0.4) is 0 Å². The lowest BCUT2D eigenvalue weighted by molar-refractivity contribution is -0.125. The second kappa shape index (κ2) is 6.47. The van der Waals surface area contributed by atoms with E-state index in [-0.39, 0.29) is 6.29 Å². The zero-order valence-electron chi connectivity index (χ0n) is 8.83. The van der Waals surface area contributed by atoms with Crippen LogP contribution in [-0.2, 0) is 22.4 Å². The van der Waals surface area contributed by atoms with Crippen LogP contribution in [0.4, 0.5) is 0 Å². The largest absolute Gasteiger partial charge is 0.680 e. The van der Waals surface area contributed by atoms with Gasteiger partial charge in [-0.3, -0.25) is 0 Å². The van der Waals surface area contributed by atoms with Crippen LogP contribution < -0.4 is 0 Å². The van der Waals surface area contributed by atoms with E-state index in [1.165, 1.54) is 21.3 Å². The number of rotatable bonds is 7. The highest BCUT2D eigenvalue weighted by molar-refractivity contribution is 6.53. The first-order valence-corrected chi connectivity index (χ1v) is 5.67. The van der Waals surface area contributed by atoms with Crippen LogP contribution in [-0.4, -0.2) is 43.8 Å². The quantitative estimate of drug-likeness (QED) is 0.458. The van der Waals surface area contributed by atoms with Gasteiger partial charge in [-0.1, -0.05) is 6.92 Å². The molecule has 13 heavy (non-hydrogen) atoms. The molecule has 0 aliphatic heterocycles. The summed E-state index contributed by atoms with van der Waals surface area (Å²) < 4.78 is 25.7. The molecule has 0 aromatic rings. The van der Waals surface area contributed by atoms with Crippen molar-refractivity contribution in [1.29, 1.82) is 0 Å². The Morgan fingerprint density at radius 3 is 1.69 bits per heavy atom. The SMILES string of the molecule is CCC(OC)O[Si](OC)(OC)OC. The summed E-state index contributed by atoms with van der Waals surface area (Å²) in [4.78, 5) is 0. The zero-order valence-corrected chi connectivity index (χ0v) is 9.83. The lowest BCUT2D eigenvalue weighted by Gasteiger charge is -2.26. The molecule has 0 heterocycles. The Labute approximate surface area is 80.4 Å². The van der Waals surface area contributed by atoms with Crippen molar-refractivity contribution in [3.8, 4) is 0 Å². The molecule has 1 unspecified atom stereocenters. The number of ether oxygens (including phenoxy) is 1. The number of hydrogen-bond acceptors (Lipinski definition) is 5. The lowest BCUT2D eigenvalue weighted by atomic mass is 10.5. The molecular weight excluding hydrogens is 192 g/mol. The Kier molecular flexibility index (Phi) is 6.48. The van der Waals surface area contributed by atoms with Gasteiger partial charge in [-0.25, -0.2) is 0 Å². The standard InChI is InChI=1S/C7H18O5Si/c1-6-7(8-2)12-13(9-3,10-4)11-5/h7H,6H2,1-5H3. The first kappa shape index (κ1) is 13.0. The van der Waals surface area contributed by atoms with Crippen molar-refractivity contribution in [2.24, 2.45) is 0 Å². The summed E-state index contributed by atoms with van der Waals surface area (Å²) in [5.74, 6) is 0. The molecule has 0 aromatic carbocycles. The molecule has 6 heteroatoms. The third kappa shape index (κ3) is 3.71. The van der Waals surface area contributed by atoms with Gasteiger partial charge in [0.15, 0.2) is 6.29 Å². The molecule has 0 amide bonds. The van der Waals surface area contributed by atoms with E-state index in [1.54, 1.807) is 7.11 Å². The molecule has 0 bridgehead atoms. The summed E-state index contributed by atoms with van der Waals surface area (Å²) in [6.07, 6.45) is 0.355. The molecule has 0 N–H and O–H groups in total. The molecule has 0 radical (unpaired) electrons. The van der Waals surface area contributed by atoms with E-state index in [1.807, 2.05) is 6.92 Å². The van der Waals surface area contributed by atoms with E-state index < -0.39 is 9.05 Å². The maximum atomic E-state index is 5.43. The fourth-order valence-electron chi connectivity index (χ4n) is 0.853. The molecular formula is C7H18O5Si. The first-order chi connectivity index (χ1) is 6.17. The van der Waals surface area contributed by atoms with Crippen molar-refractivity contribution >= 4 is 9.05 Å². The second-order valence-electron chi connectivity index (χ2n) is 2.30. The molecule has 0 aliphatic carbocycles. The van der Waals surface area contributed by atoms with Gasteiger partial charge in [0, 0.05) is 28.4 Å². The molecule has 0 aliphatic rings. The van der Waals surface area contributed by atoms with E-state index in [9.17, 15) is 0 Å². The van der Waals surface area contributed by atoms with Crippen LogP contribution >= 0.6 is 0 Å². The monoisotopic (exact) mass is 210 g/mol. The summed E-state index contributed by atoms with van der Waals surface area (Å²) >= 11 is 0. The predicted molar refractivity (Wildman–Crippen MR) is 49.0 cm³/mol. The van der Waals surface area contributed by atoms with E-state index in [4.69, 9.17) is 22.4 Å². The zero-order chi connectivity index (χ0) is 10.3. The maximum absolute atomic E-state index is 5.43. The van der Waals surface area contributed by atoms with Gasteiger partial charge >= 0.3 is 9.05 Å². The molecule has 0 fully saturated rings. The number of hydrogen-bond donors (Lipinski definition) is 0. The topological polar surface area (TPSA) is 46.2 Å². The molecule has 0 aromatic heterocycles. The molecule has 1 atom stereocenters. The van der Waals surface area contributed by atoms with Gasteiger partial charge in [0.1, 0.15) is 0 Å². The van der Waals surface area contributed by atoms with Crippen LogP contribution in [0.25, 0.3) is 0 Å². The van der Waals surface area contributed by atoms with Crippen molar-refractivity contribution in [2.75, 3.05) is 28.4 Å². The van der Waals surface area contributed by atoms with E-state index >= 15 is 0 Å². The molecule has 0 rings (SSSR count). The van der Waals surface area contributed by atoms with Gasteiger partial charge < -0.3 is 22.4 Å². The van der Waals surface area contributed by atoms with Crippen molar-refractivity contribution < 1.29 is 22.4 Å². The maximum Gasteiger partial charge on any atom is 0.680 e. The molecule has 0 saturated heterocycles. The van der Waals surface area contributed by atoms with Crippen LogP contribution in [0.2, 0.25) is 0 Å². The van der Waals surface area contributed by atoms with Gasteiger partial charge in [0.05, 0.1) is 0 Å². The van der Waals surface area contributed by atoms with Crippen molar-refractivity contribution in [1.82, 2.24) is 0 Å². The van der Waals surface area contributed by atoms with Gasteiger partial charge in [0.2, 0.25) is 0 Å². The molecule has 5 nitrogen and oxygen atoms in total. The molecule has 80 valence electrons. The van der Waals surface area contributed by atoms with Gasteiger partial charge in [0.25, 0.3) is 0 Å². The van der Waals surface area contributed by atoms with Crippen molar-refractivity contribution in [3.05, 3.63) is 0 Å². The Morgan fingerprint density at radius 1 is 1.00 bits per heavy atom. The average Bonchev–Trinajstić information content (AvgIpc) is 2.21. The minimum absolute atomic E-state index is 0.355. The van der Waals surface area contributed by atoms with Crippen molar-refractivity contribution in [2.45, 2.75) is 19.6 Å².